The van der Waals surface area contributed by atoms with E-state index in [0.29, 0.717) is 11.9 Å². The van der Waals surface area contributed by atoms with Gasteiger partial charge in [0, 0.05) is 31.7 Å². The van der Waals surface area contributed by atoms with Crippen molar-refractivity contribution in [2.75, 3.05) is 37.0 Å². The number of nitrogens with one attached hydrogen (secondary N) is 1. The molecule has 0 amide bonds. The number of anilines is 2. The second-order valence-corrected chi connectivity index (χ2v) is 4.21. The number of likely N-dealkylation sites (N-methyl/N-ethyl adjacent to an activating group) is 1. The topological polar surface area (TPSA) is 70.3 Å². The molecule has 0 bridgehead atoms. The molecule has 1 atom stereocenters. The number of rotatable bonds is 2. The largest absolute Gasteiger partial charge is 0.351 e. The lowest BCUT2D eigenvalue weighted by molar-refractivity contribution is 0.274. The molecule has 1 aromatic rings. The second kappa shape index (κ2) is 4.63. The average molecular weight is 222 g/mol. The van der Waals surface area contributed by atoms with E-state index in [4.69, 9.17) is 5.84 Å². The van der Waals surface area contributed by atoms with Crippen molar-refractivity contribution in [1.29, 1.82) is 0 Å². The fraction of sp³-hybridized carbons (Fsp3) is 0.600. The van der Waals surface area contributed by atoms with Gasteiger partial charge in [0.1, 0.15) is 18.0 Å². The highest BCUT2D eigenvalue weighted by Gasteiger charge is 2.22. The van der Waals surface area contributed by atoms with Gasteiger partial charge in [0.25, 0.3) is 0 Å². The zero-order valence-corrected chi connectivity index (χ0v) is 9.72. The van der Waals surface area contributed by atoms with Crippen molar-refractivity contribution in [1.82, 2.24) is 14.9 Å². The Labute approximate surface area is 95.4 Å². The van der Waals surface area contributed by atoms with Gasteiger partial charge < -0.3 is 15.2 Å². The predicted molar refractivity (Wildman–Crippen MR) is 64.1 cm³/mol. The molecule has 88 valence electrons. The summed E-state index contributed by atoms with van der Waals surface area (Å²) in [5, 5.41) is 0. The van der Waals surface area contributed by atoms with E-state index in [0.717, 1.165) is 25.5 Å². The van der Waals surface area contributed by atoms with Crippen molar-refractivity contribution in [3.63, 3.8) is 0 Å². The van der Waals surface area contributed by atoms with Gasteiger partial charge >= 0.3 is 0 Å². The van der Waals surface area contributed by atoms with E-state index in [-0.39, 0.29) is 0 Å². The lowest BCUT2D eigenvalue weighted by Gasteiger charge is -2.38. The fourth-order valence-electron chi connectivity index (χ4n) is 2.06. The van der Waals surface area contributed by atoms with Crippen LogP contribution in [0.5, 0.6) is 0 Å². The van der Waals surface area contributed by atoms with Gasteiger partial charge in [-0.25, -0.2) is 15.8 Å². The van der Waals surface area contributed by atoms with Crippen molar-refractivity contribution < 1.29 is 0 Å². The van der Waals surface area contributed by atoms with Gasteiger partial charge in [-0.2, -0.15) is 0 Å². The van der Waals surface area contributed by atoms with Crippen LogP contribution in [0.15, 0.2) is 12.4 Å². The molecule has 1 unspecified atom stereocenters. The van der Waals surface area contributed by atoms with Crippen molar-refractivity contribution in [2.45, 2.75) is 13.0 Å². The summed E-state index contributed by atoms with van der Waals surface area (Å²) in [5.74, 6) is 6.92. The van der Waals surface area contributed by atoms with Gasteiger partial charge in [0.2, 0.25) is 0 Å². The molecule has 1 aromatic heterocycles. The Balaban J connectivity index is 2.16. The number of hydrogen-bond acceptors (Lipinski definition) is 6. The molecule has 1 aliphatic rings. The average Bonchev–Trinajstić information content (AvgIpc) is 2.29. The summed E-state index contributed by atoms with van der Waals surface area (Å²) in [6, 6.07) is 2.33. The summed E-state index contributed by atoms with van der Waals surface area (Å²) in [4.78, 5) is 12.9. The number of nitrogen functional groups attached to an aromatic ring is 1. The van der Waals surface area contributed by atoms with Gasteiger partial charge in [0.05, 0.1) is 0 Å². The Bertz CT molecular complexity index is 355. The molecule has 1 saturated heterocycles. The summed E-state index contributed by atoms with van der Waals surface area (Å²) in [6.07, 6.45) is 1.54. The third-order valence-electron chi connectivity index (χ3n) is 2.93. The van der Waals surface area contributed by atoms with E-state index in [1.54, 1.807) is 0 Å². The van der Waals surface area contributed by atoms with Crippen LogP contribution in [-0.2, 0) is 0 Å². The van der Waals surface area contributed by atoms with Crippen LogP contribution >= 0.6 is 0 Å². The number of hydrazine groups is 1. The highest BCUT2D eigenvalue weighted by atomic mass is 15.3. The first kappa shape index (κ1) is 11.1. The molecule has 0 aliphatic carbocycles. The Morgan fingerprint density at radius 1 is 1.44 bits per heavy atom. The quantitative estimate of drug-likeness (QED) is 0.538. The fourth-order valence-corrected chi connectivity index (χ4v) is 2.06. The Hall–Kier alpha value is -1.40. The number of piperazine rings is 1. The van der Waals surface area contributed by atoms with Gasteiger partial charge in [0.15, 0.2) is 0 Å². The summed E-state index contributed by atoms with van der Waals surface area (Å²) in [7, 11) is 2.14. The Morgan fingerprint density at radius 3 is 2.94 bits per heavy atom. The third kappa shape index (κ3) is 2.23. The highest BCUT2D eigenvalue weighted by Crippen LogP contribution is 2.18. The van der Waals surface area contributed by atoms with Crippen LogP contribution in [0.2, 0.25) is 0 Å². The zero-order valence-electron chi connectivity index (χ0n) is 9.72. The first-order valence-electron chi connectivity index (χ1n) is 5.44. The van der Waals surface area contributed by atoms with Gasteiger partial charge in [-0.15, -0.1) is 0 Å². The third-order valence-corrected chi connectivity index (χ3v) is 2.93. The van der Waals surface area contributed by atoms with Gasteiger partial charge in [-0.1, -0.05) is 0 Å². The first-order chi connectivity index (χ1) is 7.70. The molecule has 6 nitrogen and oxygen atoms in total. The summed E-state index contributed by atoms with van der Waals surface area (Å²) < 4.78 is 0. The normalized spacial score (nSPS) is 22.2. The molecule has 16 heavy (non-hydrogen) atoms. The zero-order chi connectivity index (χ0) is 11.5. The van der Waals surface area contributed by atoms with Crippen molar-refractivity contribution in [3.8, 4) is 0 Å². The van der Waals surface area contributed by atoms with Crippen LogP contribution in [0.4, 0.5) is 11.6 Å². The monoisotopic (exact) mass is 222 g/mol. The molecule has 2 heterocycles. The minimum atomic E-state index is 0.458. The lowest BCUT2D eigenvalue weighted by Crippen LogP contribution is -2.50. The molecule has 0 saturated carbocycles. The minimum absolute atomic E-state index is 0.458. The molecule has 3 N–H and O–H groups in total. The molecular weight excluding hydrogens is 204 g/mol. The van der Waals surface area contributed by atoms with E-state index >= 15 is 0 Å². The molecule has 0 aromatic carbocycles. The van der Waals surface area contributed by atoms with Crippen LogP contribution in [0.1, 0.15) is 6.92 Å². The maximum atomic E-state index is 5.34. The Kier molecular flexibility index (Phi) is 3.21. The predicted octanol–water partition coefficient (Wildman–Crippen LogP) is -0.0975. The van der Waals surface area contributed by atoms with E-state index in [2.05, 4.69) is 39.2 Å². The molecule has 6 heteroatoms. The van der Waals surface area contributed by atoms with Crippen molar-refractivity contribution in [2.24, 2.45) is 5.84 Å². The molecule has 1 aliphatic heterocycles. The van der Waals surface area contributed by atoms with Crippen molar-refractivity contribution in [3.05, 3.63) is 12.4 Å². The maximum Gasteiger partial charge on any atom is 0.145 e. The van der Waals surface area contributed by atoms with Crippen molar-refractivity contribution >= 4 is 11.6 Å². The first-order valence-corrected chi connectivity index (χ1v) is 5.44. The second-order valence-electron chi connectivity index (χ2n) is 4.21. The van der Waals surface area contributed by atoms with Crippen LogP contribution in [-0.4, -0.2) is 47.6 Å². The minimum Gasteiger partial charge on any atom is -0.351 e. The lowest BCUT2D eigenvalue weighted by atomic mass is 10.2. The smallest absolute Gasteiger partial charge is 0.145 e. The molecule has 2 rings (SSSR count). The van der Waals surface area contributed by atoms with E-state index in [1.165, 1.54) is 6.33 Å². The highest BCUT2D eigenvalue weighted by molar-refractivity contribution is 5.48. The number of aromatic nitrogens is 2. The van der Waals surface area contributed by atoms with E-state index in [9.17, 15) is 0 Å². The molecule has 1 fully saturated rings. The number of nitrogens with zero attached hydrogens (tertiary/aromatic N) is 4. The maximum absolute atomic E-state index is 5.34. The molecule has 0 spiro atoms. The Morgan fingerprint density at radius 2 is 2.25 bits per heavy atom. The van der Waals surface area contributed by atoms with E-state index < -0.39 is 0 Å². The summed E-state index contributed by atoms with van der Waals surface area (Å²) >= 11 is 0. The number of nitrogens with two attached hydrogens (primary N) is 1. The summed E-state index contributed by atoms with van der Waals surface area (Å²) in [5.41, 5.74) is 2.54. The van der Waals surface area contributed by atoms with E-state index in [1.807, 2.05) is 6.07 Å². The van der Waals surface area contributed by atoms with Crippen LogP contribution in [0.25, 0.3) is 0 Å². The molecular formula is C10H18N6. The van der Waals surface area contributed by atoms with Crippen LogP contribution in [0, 0.1) is 0 Å². The summed E-state index contributed by atoms with van der Waals surface area (Å²) in [6.45, 7) is 5.29. The van der Waals surface area contributed by atoms with Gasteiger partial charge in [-0.3, -0.25) is 0 Å². The van der Waals surface area contributed by atoms with Gasteiger partial charge in [-0.05, 0) is 14.0 Å². The van der Waals surface area contributed by atoms with Crippen LogP contribution < -0.4 is 16.2 Å². The molecule has 0 radical (unpaired) electrons. The standard InChI is InChI=1S/C10H18N6/c1-8-6-15(2)3-4-16(8)10-5-9(14-11)12-7-13-10/h5,7-8H,3-4,6,11H2,1-2H3,(H,12,13,14). The van der Waals surface area contributed by atoms with Crippen LogP contribution in [0.3, 0.4) is 0 Å². The number of hydrogen-bond donors (Lipinski definition) is 2. The SMILES string of the molecule is CC1CN(C)CCN1c1cc(NN)ncn1.